The van der Waals surface area contributed by atoms with E-state index in [4.69, 9.17) is 16.0 Å². The number of rotatable bonds is 6. The van der Waals surface area contributed by atoms with Crippen molar-refractivity contribution in [2.24, 2.45) is 0 Å². The fourth-order valence-corrected chi connectivity index (χ4v) is 3.37. The van der Waals surface area contributed by atoms with Crippen molar-refractivity contribution in [3.8, 4) is 0 Å². The van der Waals surface area contributed by atoms with Crippen LogP contribution in [-0.4, -0.2) is 32.2 Å². The van der Waals surface area contributed by atoms with E-state index in [1.165, 1.54) is 31.3 Å². The Morgan fingerprint density at radius 2 is 1.88 bits per heavy atom. The third kappa shape index (κ3) is 4.37. The zero-order valence-corrected chi connectivity index (χ0v) is 15.2. The Balaban J connectivity index is 2.01. The zero-order chi connectivity index (χ0) is 17.9. The van der Waals surface area contributed by atoms with Crippen LogP contribution in [0.15, 0.2) is 45.7 Å². The van der Waals surface area contributed by atoms with E-state index in [1.54, 1.807) is 19.1 Å². The molecule has 1 aromatic heterocycles. The summed E-state index contributed by atoms with van der Waals surface area (Å²) in [5.41, 5.74) is 0. The molecule has 0 saturated carbocycles. The number of sulfonamides is 1. The molecule has 1 atom stereocenters. The number of carbonyl (C=O) groups excluding carboxylic acids is 1. The molecule has 1 aromatic carbocycles. The van der Waals surface area contributed by atoms with Crippen molar-refractivity contribution in [3.05, 3.63) is 52.9 Å². The second-order valence-corrected chi connectivity index (χ2v) is 7.93. The predicted molar refractivity (Wildman–Crippen MR) is 91.3 cm³/mol. The molecular weight excluding hydrogens is 352 g/mol. The Hall–Kier alpha value is -1.83. The Morgan fingerprint density at radius 3 is 2.42 bits per heavy atom. The van der Waals surface area contributed by atoms with Crippen molar-refractivity contribution in [3.63, 3.8) is 0 Å². The largest absolute Gasteiger partial charge is 0.464 e. The summed E-state index contributed by atoms with van der Waals surface area (Å²) in [7, 11) is -2.40. The van der Waals surface area contributed by atoms with Gasteiger partial charge in [-0.3, -0.25) is 4.79 Å². The van der Waals surface area contributed by atoms with Gasteiger partial charge >= 0.3 is 0 Å². The number of amides is 1. The standard InChI is InChI=1S/C16H19ClN2O4S/c1-11-4-9-15(23-11)12(2)18-16(20)10-19(3)24(21,22)14-7-5-13(17)6-8-14/h4-9,12H,10H2,1-3H3,(H,18,20). The van der Waals surface area contributed by atoms with Crippen LogP contribution in [0.4, 0.5) is 0 Å². The van der Waals surface area contributed by atoms with Crippen LogP contribution < -0.4 is 5.32 Å². The number of halogens is 1. The van der Waals surface area contributed by atoms with E-state index in [2.05, 4.69) is 5.32 Å². The highest BCUT2D eigenvalue weighted by atomic mass is 35.5. The normalized spacial score (nSPS) is 13.0. The van der Waals surface area contributed by atoms with Crippen LogP contribution in [0, 0.1) is 6.92 Å². The van der Waals surface area contributed by atoms with Gasteiger partial charge in [0.15, 0.2) is 0 Å². The average molecular weight is 371 g/mol. The minimum Gasteiger partial charge on any atom is -0.464 e. The van der Waals surface area contributed by atoms with Crippen molar-refractivity contribution in [2.45, 2.75) is 24.8 Å². The van der Waals surface area contributed by atoms with Gasteiger partial charge in [0.05, 0.1) is 17.5 Å². The maximum absolute atomic E-state index is 12.4. The van der Waals surface area contributed by atoms with E-state index >= 15 is 0 Å². The molecule has 2 aromatic rings. The first kappa shape index (κ1) is 18.5. The number of likely N-dealkylation sites (N-methyl/N-ethyl adjacent to an activating group) is 1. The Kier molecular flexibility index (Phi) is 5.69. The molecule has 1 amide bonds. The number of hydrogen-bond donors (Lipinski definition) is 1. The number of furan rings is 1. The van der Waals surface area contributed by atoms with Crippen molar-refractivity contribution < 1.29 is 17.6 Å². The smallest absolute Gasteiger partial charge is 0.243 e. The molecule has 24 heavy (non-hydrogen) atoms. The molecule has 0 radical (unpaired) electrons. The SMILES string of the molecule is Cc1ccc(C(C)NC(=O)CN(C)S(=O)(=O)c2ccc(Cl)cc2)o1. The lowest BCUT2D eigenvalue weighted by Gasteiger charge is -2.18. The van der Waals surface area contributed by atoms with Gasteiger partial charge in [-0.05, 0) is 50.2 Å². The maximum atomic E-state index is 12.4. The maximum Gasteiger partial charge on any atom is 0.243 e. The van der Waals surface area contributed by atoms with Crippen molar-refractivity contribution >= 4 is 27.5 Å². The summed E-state index contributed by atoms with van der Waals surface area (Å²) >= 11 is 5.76. The highest BCUT2D eigenvalue weighted by Crippen LogP contribution is 2.18. The van der Waals surface area contributed by atoms with Gasteiger partial charge < -0.3 is 9.73 Å². The first-order chi connectivity index (χ1) is 11.2. The molecule has 130 valence electrons. The lowest BCUT2D eigenvalue weighted by atomic mass is 10.2. The van der Waals surface area contributed by atoms with Gasteiger partial charge in [0.2, 0.25) is 15.9 Å². The number of carbonyl (C=O) groups is 1. The van der Waals surface area contributed by atoms with E-state index in [0.717, 1.165) is 10.1 Å². The van der Waals surface area contributed by atoms with Crippen LogP contribution in [0.3, 0.4) is 0 Å². The summed E-state index contributed by atoms with van der Waals surface area (Å²) < 4.78 is 31.3. The second-order valence-electron chi connectivity index (χ2n) is 5.45. The van der Waals surface area contributed by atoms with E-state index in [1.807, 2.05) is 6.92 Å². The molecule has 8 heteroatoms. The summed E-state index contributed by atoms with van der Waals surface area (Å²) in [4.78, 5) is 12.2. The van der Waals surface area contributed by atoms with Crippen LogP contribution >= 0.6 is 11.6 Å². The van der Waals surface area contributed by atoms with Gasteiger partial charge in [-0.2, -0.15) is 4.31 Å². The number of hydrogen-bond acceptors (Lipinski definition) is 4. The van der Waals surface area contributed by atoms with E-state index < -0.39 is 15.9 Å². The van der Waals surface area contributed by atoms with Gasteiger partial charge in [-0.15, -0.1) is 0 Å². The molecule has 0 aliphatic rings. The van der Waals surface area contributed by atoms with Gasteiger partial charge in [0.1, 0.15) is 11.5 Å². The lowest BCUT2D eigenvalue weighted by molar-refractivity contribution is -0.121. The van der Waals surface area contributed by atoms with E-state index in [-0.39, 0.29) is 17.5 Å². The first-order valence-corrected chi connectivity index (χ1v) is 9.09. The van der Waals surface area contributed by atoms with Crippen molar-refractivity contribution in [1.82, 2.24) is 9.62 Å². The van der Waals surface area contributed by atoms with Crippen molar-refractivity contribution in [1.29, 1.82) is 0 Å². The summed E-state index contributed by atoms with van der Waals surface area (Å²) in [5, 5.41) is 3.15. The number of nitrogens with one attached hydrogen (secondary N) is 1. The molecule has 2 rings (SSSR count). The highest BCUT2D eigenvalue weighted by Gasteiger charge is 2.24. The Morgan fingerprint density at radius 1 is 1.25 bits per heavy atom. The fourth-order valence-electron chi connectivity index (χ4n) is 2.12. The van der Waals surface area contributed by atoms with Gasteiger partial charge in [0.25, 0.3) is 0 Å². The molecule has 1 N–H and O–H groups in total. The average Bonchev–Trinajstić information content (AvgIpc) is 2.94. The van der Waals surface area contributed by atoms with Crippen LogP contribution in [-0.2, 0) is 14.8 Å². The second kappa shape index (κ2) is 7.38. The quantitative estimate of drug-likeness (QED) is 0.847. The first-order valence-electron chi connectivity index (χ1n) is 7.28. The van der Waals surface area contributed by atoms with Crippen LogP contribution in [0.2, 0.25) is 5.02 Å². The molecule has 1 heterocycles. The third-order valence-electron chi connectivity index (χ3n) is 3.45. The number of benzene rings is 1. The Bertz CT molecular complexity index is 815. The zero-order valence-electron chi connectivity index (χ0n) is 13.6. The summed E-state index contributed by atoms with van der Waals surface area (Å²) in [6.07, 6.45) is 0. The molecular formula is C16H19ClN2O4S. The lowest BCUT2D eigenvalue weighted by Crippen LogP contribution is -2.39. The Labute approximate surface area is 146 Å². The molecule has 6 nitrogen and oxygen atoms in total. The molecule has 0 aliphatic carbocycles. The predicted octanol–water partition coefficient (Wildman–Crippen LogP) is 2.74. The topological polar surface area (TPSA) is 79.6 Å². The molecule has 0 saturated heterocycles. The van der Waals surface area contributed by atoms with E-state index in [0.29, 0.717) is 10.8 Å². The van der Waals surface area contributed by atoms with Crippen LogP contribution in [0.5, 0.6) is 0 Å². The molecule has 0 spiro atoms. The molecule has 1 unspecified atom stereocenters. The molecule has 0 bridgehead atoms. The number of nitrogens with zero attached hydrogens (tertiary/aromatic N) is 1. The van der Waals surface area contributed by atoms with Gasteiger partial charge in [-0.25, -0.2) is 8.42 Å². The highest BCUT2D eigenvalue weighted by molar-refractivity contribution is 7.89. The minimum atomic E-state index is -3.76. The summed E-state index contributed by atoms with van der Waals surface area (Å²) in [5.74, 6) is 0.939. The monoisotopic (exact) mass is 370 g/mol. The van der Waals surface area contributed by atoms with Crippen molar-refractivity contribution in [2.75, 3.05) is 13.6 Å². The fraction of sp³-hybridized carbons (Fsp3) is 0.312. The van der Waals surface area contributed by atoms with Crippen LogP contribution in [0.25, 0.3) is 0 Å². The van der Waals surface area contributed by atoms with E-state index in [9.17, 15) is 13.2 Å². The molecule has 0 fully saturated rings. The third-order valence-corrected chi connectivity index (χ3v) is 5.52. The summed E-state index contributed by atoms with van der Waals surface area (Å²) in [6, 6.07) is 9.01. The summed E-state index contributed by atoms with van der Waals surface area (Å²) in [6.45, 7) is 3.28. The molecule has 0 aliphatic heterocycles. The van der Waals surface area contributed by atoms with Crippen LogP contribution in [0.1, 0.15) is 24.5 Å². The van der Waals surface area contributed by atoms with Gasteiger partial charge in [0, 0.05) is 12.1 Å². The minimum absolute atomic E-state index is 0.0805. The van der Waals surface area contributed by atoms with Gasteiger partial charge in [-0.1, -0.05) is 11.6 Å². The number of aryl methyl sites for hydroxylation is 1.